The molecule has 0 radical (unpaired) electrons. The van der Waals surface area contributed by atoms with Crippen molar-refractivity contribution in [3.8, 4) is 5.75 Å². The maximum Gasteiger partial charge on any atom is 0.320 e. The number of halogens is 1. The SMILES string of the molecule is O=C1Oc2cc(F)ccc2CC1c1cc2cnccc2s1. The van der Waals surface area contributed by atoms with Crippen LogP contribution >= 0.6 is 11.3 Å². The summed E-state index contributed by atoms with van der Waals surface area (Å²) in [5.74, 6) is -0.722. The average Bonchev–Trinajstić information content (AvgIpc) is 2.90. The molecule has 3 heterocycles. The Bertz CT molecular complexity index is 825. The van der Waals surface area contributed by atoms with Crippen LogP contribution < -0.4 is 4.74 Å². The van der Waals surface area contributed by atoms with E-state index in [0.29, 0.717) is 12.2 Å². The molecule has 0 amide bonds. The Balaban J connectivity index is 1.75. The first-order chi connectivity index (χ1) is 10.2. The second-order valence-electron chi connectivity index (χ2n) is 4.99. The number of carbonyl (C=O) groups excluding carboxylic acids is 1. The largest absolute Gasteiger partial charge is 0.426 e. The van der Waals surface area contributed by atoms with Crippen LogP contribution in [0.1, 0.15) is 16.4 Å². The third-order valence-electron chi connectivity index (χ3n) is 3.63. The fourth-order valence-corrected chi connectivity index (χ4v) is 3.69. The molecule has 104 valence electrons. The summed E-state index contributed by atoms with van der Waals surface area (Å²) in [6, 6.07) is 8.25. The standard InChI is InChI=1S/C16H10FNO2S/c17-11-2-1-9-5-12(16(19)20-13(9)7-11)15-6-10-8-18-4-3-14(10)21-15/h1-4,6-8,12H,5H2. The van der Waals surface area contributed by atoms with Crippen LogP contribution in [0.15, 0.2) is 42.7 Å². The highest BCUT2D eigenvalue weighted by Crippen LogP contribution is 2.38. The van der Waals surface area contributed by atoms with E-state index in [1.807, 2.05) is 12.1 Å². The van der Waals surface area contributed by atoms with Crippen LogP contribution in [-0.2, 0) is 11.2 Å². The smallest absolute Gasteiger partial charge is 0.320 e. The van der Waals surface area contributed by atoms with Crippen molar-refractivity contribution >= 4 is 27.4 Å². The van der Waals surface area contributed by atoms with E-state index in [0.717, 1.165) is 20.5 Å². The van der Waals surface area contributed by atoms with Gasteiger partial charge in [0.2, 0.25) is 0 Å². The lowest BCUT2D eigenvalue weighted by atomic mass is 9.94. The molecule has 0 fully saturated rings. The van der Waals surface area contributed by atoms with E-state index in [4.69, 9.17) is 4.74 Å². The van der Waals surface area contributed by atoms with Gasteiger partial charge in [0, 0.05) is 33.4 Å². The Morgan fingerprint density at radius 1 is 1.29 bits per heavy atom. The number of thiophene rings is 1. The van der Waals surface area contributed by atoms with Crippen molar-refractivity contribution in [1.29, 1.82) is 0 Å². The number of fused-ring (bicyclic) bond motifs is 2. The van der Waals surface area contributed by atoms with E-state index in [2.05, 4.69) is 4.98 Å². The molecule has 21 heavy (non-hydrogen) atoms. The first-order valence-electron chi connectivity index (χ1n) is 6.54. The zero-order chi connectivity index (χ0) is 14.4. The van der Waals surface area contributed by atoms with Crippen LogP contribution in [-0.4, -0.2) is 11.0 Å². The maximum absolute atomic E-state index is 13.2. The van der Waals surface area contributed by atoms with Crippen molar-refractivity contribution < 1.29 is 13.9 Å². The van der Waals surface area contributed by atoms with E-state index < -0.39 is 5.82 Å². The van der Waals surface area contributed by atoms with E-state index >= 15 is 0 Å². The molecule has 5 heteroatoms. The lowest BCUT2D eigenvalue weighted by Crippen LogP contribution is -2.25. The number of hydrogen-bond acceptors (Lipinski definition) is 4. The number of benzene rings is 1. The second-order valence-corrected chi connectivity index (χ2v) is 6.11. The van der Waals surface area contributed by atoms with Gasteiger partial charge in [-0.15, -0.1) is 11.3 Å². The maximum atomic E-state index is 13.2. The number of aromatic nitrogens is 1. The summed E-state index contributed by atoms with van der Waals surface area (Å²) in [6.45, 7) is 0. The molecule has 0 saturated heterocycles. The lowest BCUT2D eigenvalue weighted by molar-refractivity contribution is -0.137. The molecule has 3 nitrogen and oxygen atoms in total. The topological polar surface area (TPSA) is 39.2 Å². The molecule has 0 bridgehead atoms. The highest BCUT2D eigenvalue weighted by atomic mass is 32.1. The van der Waals surface area contributed by atoms with E-state index in [1.165, 1.54) is 12.1 Å². The summed E-state index contributed by atoms with van der Waals surface area (Å²) in [5.41, 5.74) is 0.858. The van der Waals surface area contributed by atoms with Gasteiger partial charge in [-0.1, -0.05) is 6.07 Å². The summed E-state index contributed by atoms with van der Waals surface area (Å²) in [6.07, 6.45) is 4.06. The number of hydrogen-bond donors (Lipinski definition) is 0. The highest BCUT2D eigenvalue weighted by molar-refractivity contribution is 7.19. The zero-order valence-corrected chi connectivity index (χ0v) is 11.7. The van der Waals surface area contributed by atoms with Gasteiger partial charge >= 0.3 is 5.97 Å². The summed E-state index contributed by atoms with van der Waals surface area (Å²) in [7, 11) is 0. The molecule has 2 aromatic heterocycles. The van der Waals surface area contributed by atoms with E-state index in [9.17, 15) is 9.18 Å². The molecule has 1 atom stereocenters. The molecule has 1 aliphatic rings. The molecule has 1 unspecified atom stereocenters. The predicted molar refractivity (Wildman–Crippen MR) is 78.1 cm³/mol. The normalized spacial score (nSPS) is 17.6. The lowest BCUT2D eigenvalue weighted by Gasteiger charge is -2.22. The van der Waals surface area contributed by atoms with Crippen molar-refractivity contribution in [3.05, 3.63) is 59.0 Å². The van der Waals surface area contributed by atoms with Gasteiger partial charge in [0.05, 0.1) is 5.92 Å². The number of rotatable bonds is 1. The molecular weight excluding hydrogens is 289 g/mol. The van der Waals surface area contributed by atoms with Gasteiger partial charge in [-0.25, -0.2) is 4.39 Å². The van der Waals surface area contributed by atoms with Crippen molar-refractivity contribution in [3.63, 3.8) is 0 Å². The van der Waals surface area contributed by atoms with Crippen LogP contribution in [0.4, 0.5) is 4.39 Å². The number of nitrogens with zero attached hydrogens (tertiary/aromatic N) is 1. The second kappa shape index (κ2) is 4.63. The number of esters is 1. The fraction of sp³-hybridized carbons (Fsp3) is 0.125. The Labute approximate surface area is 124 Å². The van der Waals surface area contributed by atoms with Crippen molar-refractivity contribution in [2.45, 2.75) is 12.3 Å². The minimum atomic E-state index is -0.395. The quantitative estimate of drug-likeness (QED) is 0.508. The minimum absolute atomic E-state index is 0.326. The van der Waals surface area contributed by atoms with Gasteiger partial charge in [0.15, 0.2) is 0 Å². The van der Waals surface area contributed by atoms with Crippen LogP contribution in [0.25, 0.3) is 10.1 Å². The monoisotopic (exact) mass is 299 g/mol. The molecule has 3 aromatic rings. The minimum Gasteiger partial charge on any atom is -0.426 e. The first-order valence-corrected chi connectivity index (χ1v) is 7.36. The third kappa shape index (κ3) is 2.10. The molecule has 4 rings (SSSR count). The molecule has 0 aliphatic carbocycles. The predicted octanol–water partition coefficient (Wildman–Crippen LogP) is 3.68. The molecule has 0 N–H and O–H groups in total. The number of carbonyl (C=O) groups is 1. The summed E-state index contributed by atoms with van der Waals surface area (Å²) >= 11 is 1.57. The molecular formula is C16H10FNO2S. The van der Waals surface area contributed by atoms with Crippen LogP contribution in [0.3, 0.4) is 0 Å². The van der Waals surface area contributed by atoms with Gasteiger partial charge in [0.25, 0.3) is 0 Å². The third-order valence-corrected chi connectivity index (χ3v) is 4.86. The Kier molecular flexibility index (Phi) is 2.75. The summed E-state index contributed by atoms with van der Waals surface area (Å²) in [5, 5.41) is 1.02. The van der Waals surface area contributed by atoms with Crippen LogP contribution in [0.2, 0.25) is 0 Å². The van der Waals surface area contributed by atoms with Crippen molar-refractivity contribution in [2.24, 2.45) is 0 Å². The zero-order valence-electron chi connectivity index (χ0n) is 10.9. The number of ether oxygens (including phenoxy) is 1. The fourth-order valence-electron chi connectivity index (χ4n) is 2.57. The molecule has 1 aromatic carbocycles. The molecule has 0 spiro atoms. The van der Waals surface area contributed by atoms with Crippen molar-refractivity contribution in [2.75, 3.05) is 0 Å². The van der Waals surface area contributed by atoms with E-state index in [1.54, 1.807) is 29.8 Å². The molecule has 1 aliphatic heterocycles. The van der Waals surface area contributed by atoms with Gasteiger partial charge in [-0.05, 0) is 30.2 Å². The van der Waals surface area contributed by atoms with Gasteiger partial charge in [-0.2, -0.15) is 0 Å². The Hall–Kier alpha value is -2.27. The van der Waals surface area contributed by atoms with Gasteiger partial charge in [0.1, 0.15) is 11.6 Å². The Morgan fingerprint density at radius 3 is 3.05 bits per heavy atom. The number of pyridine rings is 1. The van der Waals surface area contributed by atoms with Gasteiger partial charge in [-0.3, -0.25) is 9.78 Å². The van der Waals surface area contributed by atoms with E-state index in [-0.39, 0.29) is 11.9 Å². The highest BCUT2D eigenvalue weighted by Gasteiger charge is 2.31. The van der Waals surface area contributed by atoms with Crippen LogP contribution in [0.5, 0.6) is 5.75 Å². The first kappa shape index (κ1) is 12.5. The Morgan fingerprint density at radius 2 is 2.19 bits per heavy atom. The van der Waals surface area contributed by atoms with Crippen LogP contribution in [0, 0.1) is 5.82 Å². The van der Waals surface area contributed by atoms with Gasteiger partial charge < -0.3 is 4.74 Å². The summed E-state index contributed by atoms with van der Waals surface area (Å²) in [4.78, 5) is 17.2. The van der Waals surface area contributed by atoms with Crippen molar-refractivity contribution in [1.82, 2.24) is 4.98 Å². The summed E-state index contributed by atoms with van der Waals surface area (Å²) < 4.78 is 19.6. The average molecular weight is 299 g/mol. The molecule has 0 saturated carbocycles.